The molecule has 0 saturated heterocycles. The lowest BCUT2D eigenvalue weighted by molar-refractivity contribution is 0.199. The van der Waals surface area contributed by atoms with E-state index in [1.54, 1.807) is 18.7 Å². The summed E-state index contributed by atoms with van der Waals surface area (Å²) < 4.78 is 0. The maximum atomic E-state index is 9.54. The van der Waals surface area contributed by atoms with Gasteiger partial charge in [0.15, 0.2) is 0 Å². The average Bonchev–Trinajstić information content (AvgIpc) is 2.36. The van der Waals surface area contributed by atoms with Crippen LogP contribution < -0.4 is 0 Å². The highest BCUT2D eigenvalue weighted by Crippen LogP contribution is 2.36. The van der Waals surface area contributed by atoms with Crippen LogP contribution in [-0.4, -0.2) is 5.11 Å². The molecule has 0 bridgehead atoms. The first kappa shape index (κ1) is 14.4. The van der Waals surface area contributed by atoms with E-state index < -0.39 is 6.10 Å². The van der Waals surface area contributed by atoms with E-state index in [-0.39, 0.29) is 0 Å². The topological polar surface area (TPSA) is 20.2 Å². The second-order valence-electron chi connectivity index (χ2n) is 4.74. The summed E-state index contributed by atoms with van der Waals surface area (Å²) in [5, 5.41) is 10.2. The van der Waals surface area contributed by atoms with Crippen LogP contribution in [0.3, 0.4) is 0 Å². The maximum Gasteiger partial charge on any atom is 0.0762 e. The molecule has 0 spiro atoms. The first-order valence-corrected chi connectivity index (χ1v) is 7.39. The molecule has 1 unspecified atom stereocenters. The Morgan fingerprint density at radius 1 is 1.05 bits per heavy atom. The Hall–Kier alpha value is -0.960. The minimum absolute atomic E-state index is 0.489. The SMILES string of the molecule is Cc1ccc(C)c(Sc2ccc(C(C)O)cc2Cl)c1. The number of aryl methyl sites for hydroxylation is 2. The first-order chi connectivity index (χ1) is 8.97. The van der Waals surface area contributed by atoms with Crippen molar-refractivity contribution >= 4 is 23.4 Å². The van der Waals surface area contributed by atoms with Gasteiger partial charge in [-0.3, -0.25) is 0 Å². The van der Waals surface area contributed by atoms with Gasteiger partial charge in [0.2, 0.25) is 0 Å². The van der Waals surface area contributed by atoms with Crippen molar-refractivity contribution in [2.45, 2.75) is 36.7 Å². The third-order valence-corrected chi connectivity index (χ3v) is 4.66. The Bertz CT molecular complexity index is 593. The summed E-state index contributed by atoms with van der Waals surface area (Å²) in [5.74, 6) is 0. The molecule has 1 N–H and O–H groups in total. The van der Waals surface area contributed by atoms with E-state index >= 15 is 0 Å². The largest absolute Gasteiger partial charge is 0.389 e. The molecule has 0 aliphatic heterocycles. The van der Waals surface area contributed by atoms with E-state index in [2.05, 4.69) is 32.0 Å². The Morgan fingerprint density at radius 3 is 2.42 bits per heavy atom. The second-order valence-corrected chi connectivity index (χ2v) is 6.23. The van der Waals surface area contributed by atoms with E-state index in [1.807, 2.05) is 18.2 Å². The van der Waals surface area contributed by atoms with Crippen LogP contribution in [0.4, 0.5) is 0 Å². The quantitative estimate of drug-likeness (QED) is 0.843. The molecule has 0 fully saturated rings. The number of aliphatic hydroxyl groups excluding tert-OH is 1. The van der Waals surface area contributed by atoms with Crippen LogP contribution in [0.5, 0.6) is 0 Å². The fourth-order valence-electron chi connectivity index (χ4n) is 1.80. The van der Waals surface area contributed by atoms with Crippen LogP contribution in [-0.2, 0) is 0 Å². The van der Waals surface area contributed by atoms with E-state index in [9.17, 15) is 5.11 Å². The zero-order valence-corrected chi connectivity index (χ0v) is 12.8. The van der Waals surface area contributed by atoms with Crippen LogP contribution in [0, 0.1) is 13.8 Å². The lowest BCUT2D eigenvalue weighted by Crippen LogP contribution is -1.91. The van der Waals surface area contributed by atoms with Crippen LogP contribution in [0.25, 0.3) is 0 Å². The molecule has 0 radical (unpaired) electrons. The van der Waals surface area contributed by atoms with Gasteiger partial charge in [-0.15, -0.1) is 0 Å². The number of halogens is 1. The van der Waals surface area contributed by atoms with Crippen LogP contribution in [0.1, 0.15) is 29.7 Å². The molecule has 1 atom stereocenters. The first-order valence-electron chi connectivity index (χ1n) is 6.20. The van der Waals surface area contributed by atoms with Crippen molar-refractivity contribution in [2.24, 2.45) is 0 Å². The molecular weight excluding hydrogens is 276 g/mol. The van der Waals surface area contributed by atoms with Crippen molar-refractivity contribution in [1.29, 1.82) is 0 Å². The molecule has 3 heteroatoms. The number of hydrogen-bond acceptors (Lipinski definition) is 2. The van der Waals surface area contributed by atoms with Crippen LogP contribution >= 0.6 is 23.4 Å². The second kappa shape index (κ2) is 6.00. The third kappa shape index (κ3) is 3.53. The summed E-state index contributed by atoms with van der Waals surface area (Å²) in [6.45, 7) is 5.92. The number of aliphatic hydroxyl groups is 1. The van der Waals surface area contributed by atoms with Gasteiger partial charge in [-0.05, 0) is 55.7 Å². The van der Waals surface area contributed by atoms with Gasteiger partial charge in [0.25, 0.3) is 0 Å². The van der Waals surface area contributed by atoms with Crippen molar-refractivity contribution < 1.29 is 5.11 Å². The lowest BCUT2D eigenvalue weighted by atomic mass is 10.1. The average molecular weight is 293 g/mol. The van der Waals surface area contributed by atoms with Gasteiger partial charge >= 0.3 is 0 Å². The van der Waals surface area contributed by atoms with Gasteiger partial charge in [-0.2, -0.15) is 0 Å². The summed E-state index contributed by atoms with van der Waals surface area (Å²) in [4.78, 5) is 2.23. The zero-order valence-electron chi connectivity index (χ0n) is 11.3. The molecule has 19 heavy (non-hydrogen) atoms. The lowest BCUT2D eigenvalue weighted by Gasteiger charge is -2.11. The van der Waals surface area contributed by atoms with Crippen molar-refractivity contribution in [1.82, 2.24) is 0 Å². The Morgan fingerprint density at radius 2 is 1.79 bits per heavy atom. The van der Waals surface area contributed by atoms with Gasteiger partial charge in [-0.1, -0.05) is 41.6 Å². The smallest absolute Gasteiger partial charge is 0.0762 e. The van der Waals surface area contributed by atoms with Gasteiger partial charge in [-0.25, -0.2) is 0 Å². The molecular formula is C16H17ClOS. The molecule has 2 rings (SSSR count). The molecule has 100 valence electrons. The molecule has 0 saturated carbocycles. The highest BCUT2D eigenvalue weighted by atomic mass is 35.5. The van der Waals surface area contributed by atoms with Crippen LogP contribution in [0.15, 0.2) is 46.2 Å². The molecule has 2 aromatic carbocycles. The predicted octanol–water partition coefficient (Wildman–Crippen LogP) is 5.16. The molecule has 1 nitrogen and oxygen atoms in total. The highest BCUT2D eigenvalue weighted by molar-refractivity contribution is 7.99. The minimum atomic E-state index is -0.489. The normalized spacial score (nSPS) is 12.5. The van der Waals surface area contributed by atoms with Crippen LogP contribution in [0.2, 0.25) is 5.02 Å². The van der Waals surface area contributed by atoms with Crippen molar-refractivity contribution in [2.75, 3.05) is 0 Å². The third-order valence-electron chi connectivity index (χ3n) is 3.00. The number of rotatable bonds is 3. The summed E-state index contributed by atoms with van der Waals surface area (Å²) in [6, 6.07) is 12.1. The van der Waals surface area contributed by atoms with E-state index in [1.165, 1.54) is 16.0 Å². The van der Waals surface area contributed by atoms with E-state index in [0.717, 1.165) is 10.5 Å². The van der Waals surface area contributed by atoms with E-state index in [0.29, 0.717) is 5.02 Å². The Kier molecular flexibility index (Phi) is 4.56. The maximum absolute atomic E-state index is 9.54. The van der Waals surface area contributed by atoms with Crippen molar-refractivity contribution in [3.05, 3.63) is 58.1 Å². The molecule has 0 aliphatic carbocycles. The van der Waals surface area contributed by atoms with Gasteiger partial charge in [0.05, 0.1) is 11.1 Å². The Labute approximate surface area is 123 Å². The Balaban J connectivity index is 2.31. The highest BCUT2D eigenvalue weighted by Gasteiger charge is 2.08. The number of benzene rings is 2. The summed E-state index contributed by atoms with van der Waals surface area (Å²) in [5.41, 5.74) is 3.33. The fourth-order valence-corrected chi connectivity index (χ4v) is 3.10. The molecule has 0 aliphatic rings. The van der Waals surface area contributed by atoms with Crippen molar-refractivity contribution in [3.63, 3.8) is 0 Å². The minimum Gasteiger partial charge on any atom is -0.389 e. The summed E-state index contributed by atoms with van der Waals surface area (Å²) in [6.07, 6.45) is -0.489. The van der Waals surface area contributed by atoms with E-state index in [4.69, 9.17) is 11.6 Å². The number of hydrogen-bond donors (Lipinski definition) is 1. The molecule has 0 heterocycles. The predicted molar refractivity (Wildman–Crippen MR) is 82.1 cm³/mol. The van der Waals surface area contributed by atoms with Gasteiger partial charge in [0.1, 0.15) is 0 Å². The standard InChI is InChI=1S/C16H17ClOS/c1-10-4-5-11(2)16(8-10)19-15-7-6-13(12(3)18)9-14(15)17/h4-9,12,18H,1-3H3. The molecule has 0 aromatic heterocycles. The fraction of sp³-hybridized carbons (Fsp3) is 0.250. The van der Waals surface area contributed by atoms with Gasteiger partial charge in [0, 0.05) is 9.79 Å². The summed E-state index contributed by atoms with van der Waals surface area (Å²) >= 11 is 7.95. The summed E-state index contributed by atoms with van der Waals surface area (Å²) in [7, 11) is 0. The molecule has 2 aromatic rings. The monoisotopic (exact) mass is 292 g/mol. The molecule has 0 amide bonds. The van der Waals surface area contributed by atoms with Crippen molar-refractivity contribution in [3.8, 4) is 0 Å². The van der Waals surface area contributed by atoms with Gasteiger partial charge < -0.3 is 5.11 Å². The zero-order chi connectivity index (χ0) is 14.0.